The molecular formula is C10H16BrP. The van der Waals surface area contributed by atoms with Crippen LogP contribution in [0.25, 0.3) is 0 Å². The average Bonchev–Trinajstić information content (AvgIpc) is 2.01. The first-order valence-corrected chi connectivity index (χ1v) is 4.74. The fraction of sp³-hybridized carbons (Fsp3) is 0.400. The van der Waals surface area contributed by atoms with Crippen LogP contribution in [0.15, 0.2) is 12.1 Å². The summed E-state index contributed by atoms with van der Waals surface area (Å²) in [6.45, 7) is 6.55. The van der Waals surface area contributed by atoms with Gasteiger partial charge in [-0.15, -0.1) is 26.2 Å². The van der Waals surface area contributed by atoms with Gasteiger partial charge in [-0.25, -0.2) is 0 Å². The normalized spacial score (nSPS) is 9.33. The van der Waals surface area contributed by atoms with Gasteiger partial charge in [-0.3, -0.25) is 0 Å². The number of rotatable bonds is 1. The molecule has 1 aromatic carbocycles. The second-order valence-corrected chi connectivity index (χ2v) is 3.40. The minimum atomic E-state index is 0. The van der Waals surface area contributed by atoms with Crippen molar-refractivity contribution in [1.82, 2.24) is 0 Å². The first kappa shape index (κ1) is 12.1. The molecule has 0 spiro atoms. The van der Waals surface area contributed by atoms with Crippen molar-refractivity contribution in [3.05, 3.63) is 34.4 Å². The van der Waals surface area contributed by atoms with E-state index in [0.717, 1.165) is 6.16 Å². The van der Waals surface area contributed by atoms with Crippen molar-refractivity contribution in [3.63, 3.8) is 0 Å². The molecule has 0 aromatic heterocycles. The summed E-state index contributed by atoms with van der Waals surface area (Å²) in [6.07, 6.45) is 1.06. The topological polar surface area (TPSA) is 0 Å². The van der Waals surface area contributed by atoms with Gasteiger partial charge < -0.3 is 0 Å². The zero-order chi connectivity index (χ0) is 8.43. The highest BCUT2D eigenvalue weighted by Gasteiger charge is 2.00. The Morgan fingerprint density at radius 2 is 1.67 bits per heavy atom. The lowest BCUT2D eigenvalue weighted by atomic mass is 10.00. The van der Waals surface area contributed by atoms with Crippen LogP contribution in [-0.2, 0) is 6.16 Å². The molecule has 1 rings (SSSR count). The van der Waals surface area contributed by atoms with Crippen molar-refractivity contribution in [2.24, 2.45) is 0 Å². The highest BCUT2D eigenvalue weighted by Crippen LogP contribution is 2.18. The summed E-state index contributed by atoms with van der Waals surface area (Å²) < 4.78 is 0. The summed E-state index contributed by atoms with van der Waals surface area (Å²) in [4.78, 5) is 0. The molecule has 0 heterocycles. The largest absolute Gasteiger partial charge is 0.133 e. The second kappa shape index (κ2) is 4.99. The van der Waals surface area contributed by atoms with Gasteiger partial charge in [0.1, 0.15) is 0 Å². The molecule has 0 saturated carbocycles. The van der Waals surface area contributed by atoms with E-state index in [-0.39, 0.29) is 17.0 Å². The van der Waals surface area contributed by atoms with Crippen LogP contribution in [0.5, 0.6) is 0 Å². The molecule has 0 aliphatic heterocycles. The Labute approximate surface area is 87.7 Å². The highest BCUT2D eigenvalue weighted by atomic mass is 79.9. The Bertz CT molecular complexity index is 269. The van der Waals surface area contributed by atoms with Crippen LogP contribution in [0.1, 0.15) is 22.3 Å². The number of benzene rings is 1. The maximum atomic E-state index is 2.77. The van der Waals surface area contributed by atoms with Gasteiger partial charge >= 0.3 is 0 Å². The van der Waals surface area contributed by atoms with E-state index in [0.29, 0.717) is 0 Å². The third-order valence-corrected chi connectivity index (χ3v) is 2.83. The van der Waals surface area contributed by atoms with E-state index < -0.39 is 0 Å². The molecule has 12 heavy (non-hydrogen) atoms. The van der Waals surface area contributed by atoms with Crippen molar-refractivity contribution >= 4 is 26.2 Å². The molecule has 0 nitrogen and oxygen atoms in total. The smallest absolute Gasteiger partial charge is 0.0126 e. The molecule has 0 radical (unpaired) electrons. The van der Waals surface area contributed by atoms with E-state index in [1.54, 1.807) is 0 Å². The lowest BCUT2D eigenvalue weighted by Crippen LogP contribution is -1.91. The van der Waals surface area contributed by atoms with Crippen molar-refractivity contribution in [1.29, 1.82) is 0 Å². The van der Waals surface area contributed by atoms with Crippen LogP contribution in [0, 0.1) is 20.8 Å². The van der Waals surface area contributed by atoms with Crippen molar-refractivity contribution in [2.75, 3.05) is 0 Å². The number of hydrogen-bond acceptors (Lipinski definition) is 0. The molecular weight excluding hydrogens is 231 g/mol. The average molecular weight is 247 g/mol. The van der Waals surface area contributed by atoms with Gasteiger partial charge in [0.05, 0.1) is 0 Å². The van der Waals surface area contributed by atoms with E-state index in [1.807, 2.05) is 0 Å². The fourth-order valence-corrected chi connectivity index (χ4v) is 1.68. The van der Waals surface area contributed by atoms with E-state index in [9.17, 15) is 0 Å². The van der Waals surface area contributed by atoms with Gasteiger partial charge in [-0.05, 0) is 49.2 Å². The van der Waals surface area contributed by atoms with Crippen LogP contribution in [0.4, 0.5) is 0 Å². The minimum Gasteiger partial charge on any atom is -0.133 e. The Kier molecular flexibility index (Phi) is 5.04. The Hall–Kier alpha value is 0.130. The summed E-state index contributed by atoms with van der Waals surface area (Å²) >= 11 is 0. The van der Waals surface area contributed by atoms with Crippen LogP contribution in [-0.4, -0.2) is 0 Å². The maximum absolute atomic E-state index is 2.77. The Morgan fingerprint density at radius 1 is 1.08 bits per heavy atom. The Morgan fingerprint density at radius 3 is 2.17 bits per heavy atom. The summed E-state index contributed by atoms with van der Waals surface area (Å²) in [5.74, 6) is 0. The van der Waals surface area contributed by atoms with E-state index in [2.05, 4.69) is 42.1 Å². The number of halogens is 1. The lowest BCUT2D eigenvalue weighted by Gasteiger charge is -2.08. The van der Waals surface area contributed by atoms with E-state index in [4.69, 9.17) is 0 Å². The van der Waals surface area contributed by atoms with Crippen LogP contribution in [0.3, 0.4) is 0 Å². The number of aryl methyl sites for hydroxylation is 1. The van der Waals surface area contributed by atoms with Gasteiger partial charge in [0.25, 0.3) is 0 Å². The maximum Gasteiger partial charge on any atom is -0.0126 e. The Balaban J connectivity index is 0.00000121. The van der Waals surface area contributed by atoms with Crippen LogP contribution in [0.2, 0.25) is 0 Å². The third-order valence-electron chi connectivity index (χ3n) is 2.39. The van der Waals surface area contributed by atoms with Crippen LogP contribution < -0.4 is 0 Å². The van der Waals surface area contributed by atoms with Gasteiger partial charge in [-0.1, -0.05) is 12.1 Å². The number of hydrogen-bond donors (Lipinski definition) is 0. The summed E-state index contributed by atoms with van der Waals surface area (Å²) in [7, 11) is 2.77. The first-order valence-electron chi connectivity index (χ1n) is 3.92. The summed E-state index contributed by atoms with van der Waals surface area (Å²) in [5, 5.41) is 0. The second-order valence-electron chi connectivity index (χ2n) is 3.00. The van der Waals surface area contributed by atoms with E-state index >= 15 is 0 Å². The van der Waals surface area contributed by atoms with Crippen molar-refractivity contribution in [2.45, 2.75) is 26.9 Å². The SMILES string of the molecule is Br.Cc1ccc(CP)c(C)c1C. The lowest BCUT2D eigenvalue weighted by molar-refractivity contribution is 1.20. The van der Waals surface area contributed by atoms with Crippen molar-refractivity contribution < 1.29 is 0 Å². The van der Waals surface area contributed by atoms with Gasteiger partial charge in [0.15, 0.2) is 0 Å². The predicted octanol–water partition coefficient (Wildman–Crippen LogP) is 3.56. The fourth-order valence-electron chi connectivity index (χ4n) is 1.23. The van der Waals surface area contributed by atoms with Crippen molar-refractivity contribution in [3.8, 4) is 0 Å². The van der Waals surface area contributed by atoms with E-state index in [1.165, 1.54) is 22.3 Å². The van der Waals surface area contributed by atoms with Gasteiger partial charge in [0, 0.05) is 0 Å². The third kappa shape index (κ3) is 2.31. The molecule has 68 valence electrons. The molecule has 1 aromatic rings. The zero-order valence-corrected chi connectivity index (χ0v) is 10.7. The molecule has 0 amide bonds. The molecule has 2 heteroatoms. The minimum absolute atomic E-state index is 0. The van der Waals surface area contributed by atoms with Gasteiger partial charge in [0.2, 0.25) is 0 Å². The van der Waals surface area contributed by atoms with Gasteiger partial charge in [-0.2, -0.15) is 0 Å². The molecule has 0 bridgehead atoms. The standard InChI is InChI=1S/C10H15P.BrH/c1-7-4-5-10(6-11)9(3)8(7)2;/h4-5H,6,11H2,1-3H3;1H. The predicted molar refractivity (Wildman–Crippen MR) is 64.4 cm³/mol. The molecule has 0 aliphatic rings. The summed E-state index contributed by atoms with van der Waals surface area (Å²) in [6, 6.07) is 4.41. The molecule has 0 aliphatic carbocycles. The zero-order valence-electron chi connectivity index (χ0n) is 7.85. The monoisotopic (exact) mass is 246 g/mol. The molecule has 0 saturated heterocycles. The molecule has 1 atom stereocenters. The molecule has 0 fully saturated rings. The molecule has 0 N–H and O–H groups in total. The highest BCUT2D eigenvalue weighted by molar-refractivity contribution is 8.93. The summed E-state index contributed by atoms with van der Waals surface area (Å²) in [5.41, 5.74) is 5.72. The van der Waals surface area contributed by atoms with Crippen LogP contribution >= 0.6 is 26.2 Å². The quantitative estimate of drug-likeness (QED) is 0.665. The molecule has 1 unspecified atom stereocenters. The first-order chi connectivity index (χ1) is 5.16.